The van der Waals surface area contributed by atoms with Crippen LogP contribution in [0, 0.1) is 0 Å². The Morgan fingerprint density at radius 3 is 2.46 bits per heavy atom. The minimum absolute atomic E-state index is 0.218. The Morgan fingerprint density at radius 1 is 1.02 bits per heavy atom. The average Bonchev–Trinajstić information content (AvgIpc) is 3.27. The smallest absolute Gasteiger partial charge is 0.338 e. The Labute approximate surface area is 250 Å². The van der Waals surface area contributed by atoms with Gasteiger partial charge in [-0.2, -0.15) is 0 Å². The van der Waals surface area contributed by atoms with Crippen LogP contribution in [0.25, 0.3) is 6.08 Å². The van der Waals surface area contributed by atoms with E-state index < -0.39 is 12.0 Å². The molecule has 41 heavy (non-hydrogen) atoms. The Bertz CT molecular complexity index is 1780. The fraction of sp³-hybridized carbons (Fsp3) is 0.219. The molecule has 4 aromatic rings. The van der Waals surface area contributed by atoms with Crippen LogP contribution in [0.5, 0.6) is 11.5 Å². The summed E-state index contributed by atoms with van der Waals surface area (Å²) in [5.41, 5.74) is 3.30. The summed E-state index contributed by atoms with van der Waals surface area (Å²) >= 11 is 4.89. The third-order valence-electron chi connectivity index (χ3n) is 6.51. The Balaban J connectivity index is 1.53. The van der Waals surface area contributed by atoms with Gasteiger partial charge in [0, 0.05) is 0 Å². The Hall–Kier alpha value is -3.95. The van der Waals surface area contributed by atoms with E-state index in [1.165, 1.54) is 11.3 Å². The number of aromatic nitrogens is 1. The molecule has 210 valence electrons. The van der Waals surface area contributed by atoms with Crippen molar-refractivity contribution < 1.29 is 19.0 Å². The Kier molecular flexibility index (Phi) is 8.85. The van der Waals surface area contributed by atoms with Gasteiger partial charge in [-0.3, -0.25) is 9.36 Å². The van der Waals surface area contributed by atoms with E-state index in [1.807, 2.05) is 85.8 Å². The summed E-state index contributed by atoms with van der Waals surface area (Å²) in [6, 6.07) is 22.4. The largest absolute Gasteiger partial charge is 0.494 e. The molecular formula is C32H29BrN2O5S. The van der Waals surface area contributed by atoms with Crippen LogP contribution < -0.4 is 24.4 Å². The van der Waals surface area contributed by atoms with E-state index in [2.05, 4.69) is 20.9 Å². The number of rotatable bonds is 9. The first-order valence-electron chi connectivity index (χ1n) is 13.3. The van der Waals surface area contributed by atoms with E-state index in [4.69, 9.17) is 14.2 Å². The molecule has 9 heteroatoms. The second-order valence-electron chi connectivity index (χ2n) is 9.27. The highest BCUT2D eigenvalue weighted by Gasteiger charge is 2.33. The molecular weight excluding hydrogens is 604 g/mol. The fourth-order valence-electron chi connectivity index (χ4n) is 4.63. The molecule has 0 radical (unpaired) electrons. The van der Waals surface area contributed by atoms with Gasteiger partial charge in [0.15, 0.2) is 4.80 Å². The van der Waals surface area contributed by atoms with Crippen LogP contribution in [0.15, 0.2) is 98.3 Å². The molecule has 0 aliphatic carbocycles. The lowest BCUT2D eigenvalue weighted by Crippen LogP contribution is -2.39. The third-order valence-corrected chi connectivity index (χ3v) is 8.12. The number of ether oxygens (including phenoxy) is 3. The number of thiazole rings is 1. The van der Waals surface area contributed by atoms with E-state index >= 15 is 0 Å². The minimum Gasteiger partial charge on any atom is -0.494 e. The van der Waals surface area contributed by atoms with Crippen molar-refractivity contribution in [1.29, 1.82) is 0 Å². The average molecular weight is 634 g/mol. The van der Waals surface area contributed by atoms with Gasteiger partial charge >= 0.3 is 5.97 Å². The number of allylic oxidation sites excluding steroid dienone is 1. The number of benzene rings is 3. The molecule has 1 aliphatic heterocycles. The molecule has 0 amide bonds. The van der Waals surface area contributed by atoms with Crippen molar-refractivity contribution in [2.75, 3.05) is 13.2 Å². The van der Waals surface area contributed by atoms with Crippen molar-refractivity contribution in [3.05, 3.63) is 125 Å². The van der Waals surface area contributed by atoms with Crippen LogP contribution in [0.1, 0.15) is 43.5 Å². The second-order valence-corrected chi connectivity index (χ2v) is 11.1. The number of fused-ring (bicyclic) bond motifs is 1. The molecule has 5 rings (SSSR count). The molecule has 0 N–H and O–H groups in total. The summed E-state index contributed by atoms with van der Waals surface area (Å²) in [4.78, 5) is 32.1. The number of esters is 1. The van der Waals surface area contributed by atoms with Gasteiger partial charge < -0.3 is 14.2 Å². The normalized spacial score (nSPS) is 14.8. The van der Waals surface area contributed by atoms with Gasteiger partial charge in [-0.1, -0.05) is 59.9 Å². The van der Waals surface area contributed by atoms with Crippen molar-refractivity contribution in [2.24, 2.45) is 4.99 Å². The van der Waals surface area contributed by atoms with E-state index in [0.29, 0.717) is 45.3 Å². The van der Waals surface area contributed by atoms with E-state index in [9.17, 15) is 9.59 Å². The summed E-state index contributed by atoms with van der Waals surface area (Å²) in [6.45, 7) is 6.65. The zero-order valence-corrected chi connectivity index (χ0v) is 25.3. The minimum atomic E-state index is -0.677. The van der Waals surface area contributed by atoms with Gasteiger partial charge in [0.1, 0.15) is 18.1 Å². The number of carbonyl (C=O) groups is 1. The molecule has 3 aromatic carbocycles. The van der Waals surface area contributed by atoms with Crippen molar-refractivity contribution in [2.45, 2.75) is 33.4 Å². The quantitative estimate of drug-likeness (QED) is 0.226. The predicted octanol–water partition coefficient (Wildman–Crippen LogP) is 5.54. The number of nitrogens with zero attached hydrogens (tertiary/aromatic N) is 2. The van der Waals surface area contributed by atoms with E-state index in [-0.39, 0.29) is 12.2 Å². The second kappa shape index (κ2) is 12.7. The number of carbonyl (C=O) groups excluding carboxylic acids is 1. The maximum absolute atomic E-state index is 13.9. The highest BCUT2D eigenvalue weighted by molar-refractivity contribution is 9.10. The van der Waals surface area contributed by atoms with Crippen LogP contribution in [0.4, 0.5) is 0 Å². The monoisotopic (exact) mass is 632 g/mol. The molecule has 1 aromatic heterocycles. The summed E-state index contributed by atoms with van der Waals surface area (Å²) in [7, 11) is 0. The molecule has 0 saturated carbocycles. The predicted molar refractivity (Wildman–Crippen MR) is 163 cm³/mol. The van der Waals surface area contributed by atoms with E-state index in [1.54, 1.807) is 18.4 Å². The maximum Gasteiger partial charge on any atom is 0.338 e. The number of hydrogen-bond acceptors (Lipinski definition) is 7. The Morgan fingerprint density at radius 2 is 1.78 bits per heavy atom. The lowest BCUT2D eigenvalue weighted by Gasteiger charge is -2.24. The van der Waals surface area contributed by atoms with E-state index in [0.717, 1.165) is 21.2 Å². The highest BCUT2D eigenvalue weighted by Crippen LogP contribution is 2.32. The van der Waals surface area contributed by atoms with Crippen molar-refractivity contribution in [3.8, 4) is 11.5 Å². The van der Waals surface area contributed by atoms with Gasteiger partial charge in [-0.25, -0.2) is 9.79 Å². The van der Waals surface area contributed by atoms with Crippen LogP contribution >= 0.6 is 27.3 Å². The molecule has 0 saturated heterocycles. The summed E-state index contributed by atoms with van der Waals surface area (Å²) < 4.78 is 19.8. The molecule has 1 atom stereocenters. The van der Waals surface area contributed by atoms with Gasteiger partial charge in [-0.05, 0) is 83.7 Å². The lowest BCUT2D eigenvalue weighted by molar-refractivity contribution is -0.139. The molecule has 0 bridgehead atoms. The number of hydrogen-bond donors (Lipinski definition) is 0. The molecule has 1 unspecified atom stereocenters. The number of halogens is 1. The molecule has 2 heterocycles. The molecule has 1 aliphatic rings. The standard InChI is InChI=1S/C32H29BrN2O5S/c1-4-38-24-14-12-23(13-15-24)29-28(31(37)39-5-2)20(3)34-32-35(29)30(36)27(41-32)18-22-11-16-26(25(33)17-22)40-19-21-9-7-6-8-10-21/h6-18,29H,4-5,19H2,1-3H3/b27-18-. The lowest BCUT2D eigenvalue weighted by atomic mass is 9.96. The van der Waals surface area contributed by atoms with Gasteiger partial charge in [0.05, 0.1) is 39.5 Å². The molecule has 0 fully saturated rings. The summed E-state index contributed by atoms with van der Waals surface area (Å²) in [5, 5.41) is 0. The maximum atomic E-state index is 13.9. The SMILES string of the molecule is CCOC(=O)C1=C(C)N=c2s/c(=C\c3ccc(OCc4ccccc4)c(Br)c3)c(=O)n2C1c1ccc(OCC)cc1. The van der Waals surface area contributed by atoms with Crippen LogP contribution in [-0.2, 0) is 16.1 Å². The summed E-state index contributed by atoms with van der Waals surface area (Å²) in [6.07, 6.45) is 1.83. The molecule has 0 spiro atoms. The zero-order chi connectivity index (χ0) is 28.9. The summed E-state index contributed by atoms with van der Waals surface area (Å²) in [5.74, 6) is 0.929. The van der Waals surface area contributed by atoms with Gasteiger partial charge in [0.25, 0.3) is 5.56 Å². The van der Waals surface area contributed by atoms with Crippen LogP contribution in [0.3, 0.4) is 0 Å². The van der Waals surface area contributed by atoms with Crippen LogP contribution in [0.2, 0.25) is 0 Å². The first-order valence-corrected chi connectivity index (χ1v) is 14.9. The van der Waals surface area contributed by atoms with Gasteiger partial charge in [-0.15, -0.1) is 0 Å². The van der Waals surface area contributed by atoms with Crippen molar-refractivity contribution in [1.82, 2.24) is 4.57 Å². The topological polar surface area (TPSA) is 79.1 Å². The van der Waals surface area contributed by atoms with Crippen molar-refractivity contribution >= 4 is 39.3 Å². The fourth-order valence-corrected chi connectivity index (χ4v) is 6.19. The first-order chi connectivity index (χ1) is 19.9. The molecule has 7 nitrogen and oxygen atoms in total. The third kappa shape index (κ3) is 6.21. The zero-order valence-electron chi connectivity index (χ0n) is 22.9. The highest BCUT2D eigenvalue weighted by atomic mass is 79.9. The van der Waals surface area contributed by atoms with Crippen molar-refractivity contribution in [3.63, 3.8) is 0 Å². The van der Waals surface area contributed by atoms with Crippen LogP contribution in [-0.4, -0.2) is 23.8 Å². The van der Waals surface area contributed by atoms with Gasteiger partial charge in [0.2, 0.25) is 0 Å². The first kappa shape index (κ1) is 28.6.